The lowest BCUT2D eigenvalue weighted by Crippen LogP contribution is -2.50. The summed E-state index contributed by atoms with van der Waals surface area (Å²) in [6.45, 7) is 0. The average molecular weight is 402 g/mol. The Bertz CT molecular complexity index is 1010. The van der Waals surface area contributed by atoms with E-state index in [2.05, 4.69) is 10.2 Å². The Morgan fingerprint density at radius 3 is 2.36 bits per heavy atom. The van der Waals surface area contributed by atoms with E-state index in [1.807, 2.05) is 16.7 Å². The van der Waals surface area contributed by atoms with Gasteiger partial charge in [-0.2, -0.15) is 0 Å². The third kappa shape index (κ3) is 2.93. The summed E-state index contributed by atoms with van der Waals surface area (Å²) in [5.74, 6) is 5.16. The Hall–Kier alpha value is -1.63. The normalized spacial score (nSPS) is 34.2. The van der Waals surface area contributed by atoms with Gasteiger partial charge in [0.2, 0.25) is 0 Å². The summed E-state index contributed by atoms with van der Waals surface area (Å²) in [7, 11) is -3.15. The van der Waals surface area contributed by atoms with Crippen LogP contribution in [-0.4, -0.2) is 35.4 Å². The van der Waals surface area contributed by atoms with Crippen LogP contribution >= 0.6 is 0 Å². The molecule has 5 fully saturated rings. The standard InChI is InChI=1S/C21H27N3O3S/c1-28(25,26)11-20-23-22-19-9-18(17(10-24(19)20)14-2-3-14)27-21-15-5-12-4-13(7-15)8-16(21)6-12/h9-10,12-16,21H,2-8,11H2,1H3. The number of pyridine rings is 1. The second kappa shape index (κ2) is 5.94. The first kappa shape index (κ1) is 17.2. The van der Waals surface area contributed by atoms with Gasteiger partial charge >= 0.3 is 0 Å². The van der Waals surface area contributed by atoms with E-state index < -0.39 is 9.84 Å². The molecule has 2 aromatic rings. The summed E-state index contributed by atoms with van der Waals surface area (Å²) in [4.78, 5) is 0. The molecule has 0 aromatic carbocycles. The first-order valence-corrected chi connectivity index (χ1v) is 12.7. The number of nitrogens with zero attached hydrogens (tertiary/aromatic N) is 3. The van der Waals surface area contributed by atoms with Crippen LogP contribution in [0.5, 0.6) is 5.75 Å². The van der Waals surface area contributed by atoms with Gasteiger partial charge in [-0.15, -0.1) is 10.2 Å². The molecule has 7 rings (SSSR count). The van der Waals surface area contributed by atoms with Crippen LogP contribution in [0.25, 0.3) is 5.65 Å². The van der Waals surface area contributed by atoms with E-state index in [4.69, 9.17) is 4.74 Å². The van der Waals surface area contributed by atoms with Crippen LogP contribution in [0.4, 0.5) is 0 Å². The maximum absolute atomic E-state index is 11.7. The van der Waals surface area contributed by atoms with Gasteiger partial charge in [0.15, 0.2) is 21.3 Å². The van der Waals surface area contributed by atoms with Crippen LogP contribution < -0.4 is 4.74 Å². The van der Waals surface area contributed by atoms with Crippen molar-refractivity contribution in [1.82, 2.24) is 14.6 Å². The molecule has 0 N–H and O–H groups in total. The van der Waals surface area contributed by atoms with Crippen molar-refractivity contribution in [2.24, 2.45) is 23.7 Å². The zero-order chi connectivity index (χ0) is 19.0. The highest BCUT2D eigenvalue weighted by Crippen LogP contribution is 2.55. The van der Waals surface area contributed by atoms with Gasteiger partial charge in [0, 0.05) is 24.1 Å². The topological polar surface area (TPSA) is 73.6 Å². The number of aromatic nitrogens is 3. The number of hydrogen-bond donors (Lipinski definition) is 0. The van der Waals surface area contributed by atoms with Gasteiger partial charge in [-0.1, -0.05) is 0 Å². The molecular weight excluding hydrogens is 374 g/mol. The summed E-state index contributed by atoms with van der Waals surface area (Å²) in [6.07, 6.45) is 12.8. The summed E-state index contributed by atoms with van der Waals surface area (Å²) in [5, 5.41) is 8.38. The Labute approximate surface area is 165 Å². The number of ether oxygens (including phenoxy) is 1. The Morgan fingerprint density at radius 2 is 1.75 bits per heavy atom. The molecule has 7 heteroatoms. The SMILES string of the molecule is CS(=O)(=O)Cc1nnc2cc(OC3C4CC5CC(C4)CC3C5)c(C3CC3)cn12. The Morgan fingerprint density at radius 1 is 1.07 bits per heavy atom. The van der Waals surface area contributed by atoms with Crippen molar-refractivity contribution in [3.8, 4) is 5.75 Å². The molecule has 0 amide bonds. The van der Waals surface area contributed by atoms with Gasteiger partial charge < -0.3 is 4.74 Å². The first-order chi connectivity index (χ1) is 13.4. The van der Waals surface area contributed by atoms with Crippen LogP contribution in [0, 0.1) is 23.7 Å². The van der Waals surface area contributed by atoms with Gasteiger partial charge in [-0.05, 0) is 74.5 Å². The molecule has 0 atom stereocenters. The molecule has 2 heterocycles. The Balaban J connectivity index is 1.36. The minimum atomic E-state index is -3.15. The lowest BCUT2D eigenvalue weighted by atomic mass is 9.55. The highest BCUT2D eigenvalue weighted by Gasteiger charge is 2.49. The van der Waals surface area contributed by atoms with Crippen molar-refractivity contribution >= 4 is 15.5 Å². The van der Waals surface area contributed by atoms with Crippen molar-refractivity contribution in [2.75, 3.05) is 6.26 Å². The highest BCUT2D eigenvalue weighted by molar-refractivity contribution is 7.89. The molecular formula is C21H27N3O3S. The molecule has 28 heavy (non-hydrogen) atoms. The van der Waals surface area contributed by atoms with E-state index in [1.54, 1.807) is 0 Å². The fraction of sp³-hybridized carbons (Fsp3) is 0.714. The van der Waals surface area contributed by atoms with Gasteiger partial charge in [0.25, 0.3) is 0 Å². The quantitative estimate of drug-likeness (QED) is 0.768. The molecule has 0 saturated heterocycles. The van der Waals surface area contributed by atoms with Crippen molar-refractivity contribution < 1.29 is 13.2 Å². The summed E-state index contributed by atoms with van der Waals surface area (Å²) < 4.78 is 32.1. The van der Waals surface area contributed by atoms with Gasteiger partial charge in [0.1, 0.15) is 17.6 Å². The number of rotatable bonds is 5. The molecule has 2 aromatic heterocycles. The van der Waals surface area contributed by atoms with Crippen LogP contribution in [0.2, 0.25) is 0 Å². The lowest BCUT2D eigenvalue weighted by molar-refractivity contribution is -0.0792. The molecule has 4 bridgehead atoms. The molecule has 5 aliphatic rings. The zero-order valence-electron chi connectivity index (χ0n) is 16.3. The fourth-order valence-electron chi connectivity index (χ4n) is 6.33. The largest absolute Gasteiger partial charge is 0.489 e. The highest BCUT2D eigenvalue weighted by atomic mass is 32.2. The fourth-order valence-corrected chi connectivity index (χ4v) is 7.00. The molecule has 0 spiro atoms. The van der Waals surface area contributed by atoms with Crippen LogP contribution in [0.3, 0.4) is 0 Å². The predicted molar refractivity (Wildman–Crippen MR) is 105 cm³/mol. The molecule has 5 saturated carbocycles. The molecule has 0 radical (unpaired) electrons. The van der Waals surface area contributed by atoms with Crippen molar-refractivity contribution in [3.63, 3.8) is 0 Å². The molecule has 0 unspecified atom stereocenters. The number of fused-ring (bicyclic) bond motifs is 1. The van der Waals surface area contributed by atoms with Gasteiger partial charge in [-0.25, -0.2) is 8.42 Å². The lowest BCUT2D eigenvalue weighted by Gasteiger charge is -2.53. The maximum Gasteiger partial charge on any atom is 0.164 e. The molecule has 150 valence electrons. The summed E-state index contributed by atoms with van der Waals surface area (Å²) in [5.41, 5.74) is 1.89. The first-order valence-electron chi connectivity index (χ1n) is 10.6. The molecule has 0 aliphatic heterocycles. The third-order valence-electron chi connectivity index (χ3n) is 7.42. The van der Waals surface area contributed by atoms with Crippen LogP contribution in [0.15, 0.2) is 12.3 Å². The second-order valence-electron chi connectivity index (χ2n) is 9.80. The minimum Gasteiger partial charge on any atom is -0.489 e. The van der Waals surface area contributed by atoms with E-state index in [0.29, 0.717) is 35.3 Å². The minimum absolute atomic E-state index is 0.0893. The molecule has 6 nitrogen and oxygen atoms in total. The van der Waals surface area contributed by atoms with Crippen LogP contribution in [0.1, 0.15) is 62.3 Å². The molecule has 5 aliphatic carbocycles. The predicted octanol–water partition coefficient (Wildman–Crippen LogP) is 3.35. The number of sulfone groups is 1. The monoisotopic (exact) mass is 401 g/mol. The van der Waals surface area contributed by atoms with E-state index in [-0.39, 0.29) is 5.75 Å². The Kier molecular flexibility index (Phi) is 3.66. The van der Waals surface area contributed by atoms with Crippen molar-refractivity contribution in [3.05, 3.63) is 23.7 Å². The van der Waals surface area contributed by atoms with E-state index in [1.165, 1.54) is 56.8 Å². The van der Waals surface area contributed by atoms with Gasteiger partial charge in [-0.3, -0.25) is 4.40 Å². The van der Waals surface area contributed by atoms with E-state index in [0.717, 1.165) is 17.6 Å². The maximum atomic E-state index is 11.7. The third-order valence-corrected chi connectivity index (χ3v) is 8.20. The zero-order valence-corrected chi connectivity index (χ0v) is 17.1. The van der Waals surface area contributed by atoms with Crippen molar-refractivity contribution in [1.29, 1.82) is 0 Å². The van der Waals surface area contributed by atoms with Gasteiger partial charge in [0.05, 0.1) is 0 Å². The van der Waals surface area contributed by atoms with E-state index >= 15 is 0 Å². The summed E-state index contributed by atoms with van der Waals surface area (Å²) in [6, 6.07) is 2.00. The second-order valence-corrected chi connectivity index (χ2v) is 11.9. The number of hydrogen-bond acceptors (Lipinski definition) is 5. The van der Waals surface area contributed by atoms with Crippen LogP contribution in [-0.2, 0) is 15.6 Å². The van der Waals surface area contributed by atoms with Crippen molar-refractivity contribution in [2.45, 2.75) is 62.7 Å². The summed E-state index contributed by atoms with van der Waals surface area (Å²) >= 11 is 0. The average Bonchev–Trinajstić information content (AvgIpc) is 3.39. The van der Waals surface area contributed by atoms with E-state index in [9.17, 15) is 8.42 Å². The smallest absolute Gasteiger partial charge is 0.164 e.